The van der Waals surface area contributed by atoms with Crippen LogP contribution in [0.4, 0.5) is 0 Å². The van der Waals surface area contributed by atoms with E-state index in [1.807, 2.05) is 25.8 Å². The third-order valence-electron chi connectivity index (χ3n) is 3.00. The maximum absolute atomic E-state index is 11.8. The summed E-state index contributed by atoms with van der Waals surface area (Å²) in [7, 11) is 3.54. The topological polar surface area (TPSA) is 52.7 Å². The van der Waals surface area contributed by atoms with E-state index < -0.39 is 0 Å². The molecule has 1 N–H and O–H groups in total. The molecule has 5 heteroatoms. The van der Waals surface area contributed by atoms with Gasteiger partial charge in [0.1, 0.15) is 6.04 Å². The molecule has 1 rings (SSSR count). The van der Waals surface area contributed by atoms with Crippen molar-refractivity contribution in [1.82, 2.24) is 15.1 Å². The summed E-state index contributed by atoms with van der Waals surface area (Å²) in [4.78, 5) is 27.2. The van der Waals surface area contributed by atoms with Gasteiger partial charge in [-0.25, -0.2) is 0 Å². The predicted molar refractivity (Wildman–Crippen MR) is 61.9 cm³/mol. The highest BCUT2D eigenvalue weighted by atomic mass is 16.2. The number of hydrogen-bond acceptors (Lipinski definition) is 3. The van der Waals surface area contributed by atoms with Crippen LogP contribution >= 0.6 is 0 Å². The van der Waals surface area contributed by atoms with Crippen molar-refractivity contribution in [2.24, 2.45) is 5.92 Å². The van der Waals surface area contributed by atoms with Crippen LogP contribution in [0.5, 0.6) is 0 Å². The zero-order valence-corrected chi connectivity index (χ0v) is 10.5. The van der Waals surface area contributed by atoms with Crippen molar-refractivity contribution in [2.75, 3.05) is 33.7 Å². The van der Waals surface area contributed by atoms with Gasteiger partial charge in [-0.3, -0.25) is 14.5 Å². The quantitative estimate of drug-likeness (QED) is 0.694. The van der Waals surface area contributed by atoms with Gasteiger partial charge in [0.05, 0.1) is 0 Å². The number of nitrogens with one attached hydrogen (secondary N) is 1. The van der Waals surface area contributed by atoms with Crippen LogP contribution < -0.4 is 5.32 Å². The van der Waals surface area contributed by atoms with Gasteiger partial charge in [0.2, 0.25) is 11.8 Å². The molecule has 1 aliphatic rings. The van der Waals surface area contributed by atoms with E-state index in [4.69, 9.17) is 0 Å². The first-order valence-electron chi connectivity index (χ1n) is 5.68. The molecule has 0 bridgehead atoms. The summed E-state index contributed by atoms with van der Waals surface area (Å²) in [5.41, 5.74) is 0. The van der Waals surface area contributed by atoms with Gasteiger partial charge in [0.15, 0.2) is 0 Å². The summed E-state index contributed by atoms with van der Waals surface area (Å²) in [5.74, 6) is 0.0968. The lowest BCUT2D eigenvalue weighted by Gasteiger charge is -2.39. The molecule has 1 saturated heterocycles. The molecule has 1 aliphatic heterocycles. The summed E-state index contributed by atoms with van der Waals surface area (Å²) in [6.45, 7) is 5.72. The van der Waals surface area contributed by atoms with Crippen LogP contribution in [0.15, 0.2) is 0 Å². The normalized spacial score (nSPS) is 22.3. The number of carbonyl (C=O) groups is 2. The number of amides is 2. The number of hydrogen-bond donors (Lipinski definition) is 1. The molecule has 0 spiro atoms. The minimum atomic E-state index is -0.221. The van der Waals surface area contributed by atoms with Gasteiger partial charge in [-0.2, -0.15) is 0 Å². The summed E-state index contributed by atoms with van der Waals surface area (Å²) in [6.07, 6.45) is 0. The zero-order valence-electron chi connectivity index (χ0n) is 10.5. The molecule has 0 aliphatic carbocycles. The largest absolute Gasteiger partial charge is 0.358 e. The molecule has 0 saturated carbocycles. The number of carbonyl (C=O) groups excluding carboxylic acids is 2. The average molecular weight is 227 g/mol. The smallest absolute Gasteiger partial charge is 0.238 e. The third-order valence-corrected chi connectivity index (χ3v) is 3.00. The molecular weight excluding hydrogens is 206 g/mol. The highest BCUT2D eigenvalue weighted by molar-refractivity contribution is 5.84. The minimum Gasteiger partial charge on any atom is -0.358 e. The molecule has 1 atom stereocenters. The van der Waals surface area contributed by atoms with E-state index in [2.05, 4.69) is 5.32 Å². The average Bonchev–Trinajstić information content (AvgIpc) is 2.27. The fourth-order valence-corrected chi connectivity index (χ4v) is 1.89. The Hall–Kier alpha value is -1.10. The van der Waals surface area contributed by atoms with E-state index in [0.717, 1.165) is 6.54 Å². The Morgan fingerprint density at radius 3 is 2.44 bits per heavy atom. The van der Waals surface area contributed by atoms with Gasteiger partial charge in [-0.15, -0.1) is 0 Å². The zero-order chi connectivity index (χ0) is 12.3. The Kier molecular flexibility index (Phi) is 4.29. The Balaban J connectivity index is 2.67. The van der Waals surface area contributed by atoms with Gasteiger partial charge >= 0.3 is 0 Å². The number of rotatable bonds is 2. The molecule has 0 unspecified atom stereocenters. The van der Waals surface area contributed by atoms with Gasteiger partial charge in [0, 0.05) is 32.6 Å². The fraction of sp³-hybridized carbons (Fsp3) is 0.818. The number of piperazine rings is 1. The van der Waals surface area contributed by atoms with E-state index in [1.54, 1.807) is 11.9 Å². The van der Waals surface area contributed by atoms with Crippen molar-refractivity contribution < 1.29 is 9.59 Å². The van der Waals surface area contributed by atoms with Crippen LogP contribution in [0.1, 0.15) is 13.8 Å². The van der Waals surface area contributed by atoms with E-state index >= 15 is 0 Å². The first-order valence-corrected chi connectivity index (χ1v) is 5.68. The highest BCUT2D eigenvalue weighted by Crippen LogP contribution is 2.11. The molecule has 92 valence electrons. The van der Waals surface area contributed by atoms with Crippen molar-refractivity contribution in [3.63, 3.8) is 0 Å². The first kappa shape index (κ1) is 13.0. The maximum atomic E-state index is 11.8. The molecular formula is C11H21N3O2. The van der Waals surface area contributed by atoms with Crippen LogP contribution in [-0.2, 0) is 9.59 Å². The second-order valence-electron chi connectivity index (χ2n) is 4.55. The SMILES string of the molecule is CNC(=O)[C@H]1CN(C(=O)C(C)C)CCN1C. The molecule has 0 aromatic carbocycles. The van der Waals surface area contributed by atoms with Crippen LogP contribution in [0.3, 0.4) is 0 Å². The van der Waals surface area contributed by atoms with Crippen molar-refractivity contribution in [3.8, 4) is 0 Å². The second kappa shape index (κ2) is 5.30. The Morgan fingerprint density at radius 2 is 1.94 bits per heavy atom. The molecule has 0 aromatic heterocycles. The molecule has 0 aromatic rings. The van der Waals surface area contributed by atoms with Gasteiger partial charge in [0.25, 0.3) is 0 Å². The van der Waals surface area contributed by atoms with Crippen LogP contribution in [-0.4, -0.2) is 61.4 Å². The summed E-state index contributed by atoms with van der Waals surface area (Å²) >= 11 is 0. The van der Waals surface area contributed by atoms with Crippen LogP contribution in [0.2, 0.25) is 0 Å². The van der Waals surface area contributed by atoms with E-state index in [-0.39, 0.29) is 23.8 Å². The predicted octanol–water partition coefficient (Wildman–Crippen LogP) is -0.469. The second-order valence-corrected chi connectivity index (χ2v) is 4.55. The molecule has 1 fully saturated rings. The van der Waals surface area contributed by atoms with Crippen LogP contribution in [0.25, 0.3) is 0 Å². The summed E-state index contributed by atoms with van der Waals surface area (Å²) in [5, 5.41) is 2.64. The first-order chi connectivity index (χ1) is 7.47. The van der Waals surface area contributed by atoms with Crippen molar-refractivity contribution in [1.29, 1.82) is 0 Å². The molecule has 5 nitrogen and oxygen atoms in total. The standard InChI is InChI=1S/C11H21N3O2/c1-8(2)11(16)14-6-5-13(4)9(7-14)10(15)12-3/h8-9H,5-7H2,1-4H3,(H,12,15)/t9-/m1/s1. The lowest BCUT2D eigenvalue weighted by molar-refractivity contribution is -0.139. The van der Waals surface area contributed by atoms with Gasteiger partial charge in [-0.05, 0) is 7.05 Å². The number of likely N-dealkylation sites (N-methyl/N-ethyl adjacent to an activating group) is 2. The highest BCUT2D eigenvalue weighted by Gasteiger charge is 2.32. The van der Waals surface area contributed by atoms with Gasteiger partial charge in [-0.1, -0.05) is 13.8 Å². The lowest BCUT2D eigenvalue weighted by atomic mass is 10.1. The van der Waals surface area contributed by atoms with E-state index in [9.17, 15) is 9.59 Å². The summed E-state index contributed by atoms with van der Waals surface area (Å²) in [6, 6.07) is -0.221. The third kappa shape index (κ3) is 2.72. The monoisotopic (exact) mass is 227 g/mol. The summed E-state index contributed by atoms with van der Waals surface area (Å²) < 4.78 is 0. The number of nitrogens with zero attached hydrogens (tertiary/aromatic N) is 2. The lowest BCUT2D eigenvalue weighted by Crippen LogP contribution is -2.58. The molecule has 0 radical (unpaired) electrons. The Labute approximate surface area is 96.8 Å². The maximum Gasteiger partial charge on any atom is 0.238 e. The molecule has 16 heavy (non-hydrogen) atoms. The molecule has 1 heterocycles. The van der Waals surface area contributed by atoms with Gasteiger partial charge < -0.3 is 10.2 Å². The Morgan fingerprint density at radius 1 is 1.31 bits per heavy atom. The van der Waals surface area contributed by atoms with Crippen molar-refractivity contribution in [2.45, 2.75) is 19.9 Å². The Bertz CT molecular complexity index is 278. The van der Waals surface area contributed by atoms with Crippen molar-refractivity contribution >= 4 is 11.8 Å². The fourth-order valence-electron chi connectivity index (χ4n) is 1.89. The minimum absolute atomic E-state index is 0.00579. The van der Waals surface area contributed by atoms with Crippen molar-refractivity contribution in [3.05, 3.63) is 0 Å². The van der Waals surface area contributed by atoms with E-state index in [0.29, 0.717) is 13.1 Å². The van der Waals surface area contributed by atoms with E-state index in [1.165, 1.54) is 0 Å². The van der Waals surface area contributed by atoms with Crippen LogP contribution in [0, 0.1) is 5.92 Å². The molecule has 2 amide bonds.